The van der Waals surface area contributed by atoms with Crippen molar-refractivity contribution in [1.82, 2.24) is 0 Å². The van der Waals surface area contributed by atoms with E-state index >= 15 is 0 Å². The summed E-state index contributed by atoms with van der Waals surface area (Å²) in [6.07, 6.45) is 0.915. The van der Waals surface area contributed by atoms with E-state index in [1.165, 1.54) is 0 Å². The van der Waals surface area contributed by atoms with Crippen LogP contribution in [0.2, 0.25) is 10.0 Å². The third kappa shape index (κ3) is 1.34. The Morgan fingerprint density at radius 1 is 1.38 bits per heavy atom. The first-order valence-electron chi connectivity index (χ1n) is 4.02. The van der Waals surface area contributed by atoms with Crippen molar-refractivity contribution in [3.05, 3.63) is 21.7 Å². The van der Waals surface area contributed by atoms with E-state index in [9.17, 15) is 0 Å². The number of methoxy groups -OCH3 is 1. The van der Waals surface area contributed by atoms with Gasteiger partial charge in [-0.15, -0.1) is 0 Å². The Morgan fingerprint density at radius 2 is 2.15 bits per heavy atom. The predicted molar refractivity (Wildman–Crippen MR) is 55.2 cm³/mol. The van der Waals surface area contributed by atoms with Gasteiger partial charge >= 0.3 is 0 Å². The van der Waals surface area contributed by atoms with Gasteiger partial charge in [-0.05, 0) is 12.5 Å². The number of benzene rings is 1. The molecule has 1 aliphatic heterocycles. The predicted octanol–water partition coefficient (Wildman–Crippen LogP) is 2.97. The Bertz CT molecular complexity index is 352. The normalized spacial score (nSPS) is 13.8. The maximum atomic E-state index is 6.00. The van der Waals surface area contributed by atoms with E-state index in [1.807, 2.05) is 0 Å². The molecule has 1 aliphatic rings. The maximum Gasteiger partial charge on any atom is 0.142 e. The molecule has 2 nitrogen and oxygen atoms in total. The molecule has 0 saturated heterocycles. The van der Waals surface area contributed by atoms with Gasteiger partial charge in [0.05, 0.1) is 22.8 Å². The number of ether oxygens (including phenoxy) is 1. The SMILES string of the molecule is COc1c(Cl)cc(Cl)c2c1CCN2. The number of anilines is 1. The summed E-state index contributed by atoms with van der Waals surface area (Å²) >= 11 is 12.0. The molecule has 1 heterocycles. The van der Waals surface area contributed by atoms with Gasteiger partial charge in [0, 0.05) is 12.1 Å². The number of fused-ring (bicyclic) bond motifs is 1. The van der Waals surface area contributed by atoms with E-state index in [-0.39, 0.29) is 0 Å². The van der Waals surface area contributed by atoms with Crippen LogP contribution >= 0.6 is 23.2 Å². The van der Waals surface area contributed by atoms with Gasteiger partial charge in [0.25, 0.3) is 0 Å². The van der Waals surface area contributed by atoms with E-state index < -0.39 is 0 Å². The third-order valence-corrected chi connectivity index (χ3v) is 2.74. The topological polar surface area (TPSA) is 21.3 Å². The molecule has 1 aromatic carbocycles. The Morgan fingerprint density at radius 3 is 2.85 bits per heavy atom. The number of rotatable bonds is 1. The molecule has 0 unspecified atom stereocenters. The van der Waals surface area contributed by atoms with Gasteiger partial charge in [-0.3, -0.25) is 0 Å². The van der Waals surface area contributed by atoms with Crippen molar-refractivity contribution in [3.8, 4) is 5.75 Å². The molecule has 70 valence electrons. The molecule has 4 heteroatoms. The number of hydrogen-bond donors (Lipinski definition) is 1. The van der Waals surface area contributed by atoms with Crippen LogP contribution in [0.5, 0.6) is 5.75 Å². The van der Waals surface area contributed by atoms with Crippen molar-refractivity contribution >= 4 is 28.9 Å². The van der Waals surface area contributed by atoms with Crippen LogP contribution in [-0.2, 0) is 6.42 Å². The maximum absolute atomic E-state index is 6.00. The molecule has 0 atom stereocenters. The Balaban J connectivity index is 2.65. The summed E-state index contributed by atoms with van der Waals surface area (Å²) in [6.45, 7) is 0.895. The molecule has 2 rings (SSSR count). The highest BCUT2D eigenvalue weighted by Gasteiger charge is 2.20. The van der Waals surface area contributed by atoms with E-state index in [0.29, 0.717) is 10.0 Å². The highest BCUT2D eigenvalue weighted by molar-refractivity contribution is 6.37. The summed E-state index contributed by atoms with van der Waals surface area (Å²) in [7, 11) is 1.62. The minimum absolute atomic E-state index is 0.579. The molecule has 0 aromatic heterocycles. The molecule has 13 heavy (non-hydrogen) atoms. The molecule has 0 saturated carbocycles. The zero-order chi connectivity index (χ0) is 9.42. The summed E-state index contributed by atoms with van der Waals surface area (Å²) in [5.74, 6) is 0.742. The van der Waals surface area contributed by atoms with Crippen LogP contribution < -0.4 is 10.1 Å². The molecule has 0 bridgehead atoms. The van der Waals surface area contributed by atoms with Crippen molar-refractivity contribution in [1.29, 1.82) is 0 Å². The summed E-state index contributed by atoms with van der Waals surface area (Å²) in [4.78, 5) is 0. The molecule has 0 spiro atoms. The van der Waals surface area contributed by atoms with E-state index in [4.69, 9.17) is 27.9 Å². The molecule has 1 aromatic rings. The summed E-state index contributed by atoms with van der Waals surface area (Å²) < 4.78 is 5.21. The number of halogens is 2. The van der Waals surface area contributed by atoms with Crippen molar-refractivity contribution in [3.63, 3.8) is 0 Å². The van der Waals surface area contributed by atoms with Crippen molar-refractivity contribution < 1.29 is 4.74 Å². The number of hydrogen-bond acceptors (Lipinski definition) is 2. The second-order valence-corrected chi connectivity index (χ2v) is 3.72. The van der Waals surface area contributed by atoms with E-state index in [0.717, 1.165) is 30.0 Å². The highest BCUT2D eigenvalue weighted by atomic mass is 35.5. The molecular formula is C9H9Cl2NO. The smallest absolute Gasteiger partial charge is 0.142 e. The fourth-order valence-corrected chi connectivity index (χ4v) is 2.26. The second kappa shape index (κ2) is 3.28. The zero-order valence-corrected chi connectivity index (χ0v) is 8.67. The zero-order valence-electron chi connectivity index (χ0n) is 7.16. The van der Waals surface area contributed by atoms with E-state index in [1.54, 1.807) is 13.2 Å². The average molecular weight is 218 g/mol. The first-order valence-corrected chi connectivity index (χ1v) is 4.78. The van der Waals surface area contributed by atoms with Gasteiger partial charge < -0.3 is 10.1 Å². The van der Waals surface area contributed by atoms with Crippen LogP contribution in [0.25, 0.3) is 0 Å². The minimum atomic E-state index is 0.579. The molecular weight excluding hydrogens is 209 g/mol. The monoisotopic (exact) mass is 217 g/mol. The first kappa shape index (κ1) is 8.97. The summed E-state index contributed by atoms with van der Waals surface area (Å²) in [5.41, 5.74) is 2.04. The fourth-order valence-electron chi connectivity index (χ4n) is 1.61. The largest absolute Gasteiger partial charge is 0.495 e. The van der Waals surface area contributed by atoms with Gasteiger partial charge in [-0.1, -0.05) is 23.2 Å². The van der Waals surface area contributed by atoms with Crippen LogP contribution in [0.15, 0.2) is 6.07 Å². The van der Waals surface area contributed by atoms with Crippen LogP contribution in [-0.4, -0.2) is 13.7 Å². The van der Waals surface area contributed by atoms with Gasteiger partial charge in [0.2, 0.25) is 0 Å². The summed E-state index contributed by atoms with van der Waals surface area (Å²) in [6, 6.07) is 1.71. The summed E-state index contributed by atoms with van der Waals surface area (Å²) in [5, 5.41) is 4.44. The Labute approximate surface area is 86.8 Å². The number of nitrogens with one attached hydrogen (secondary N) is 1. The lowest BCUT2D eigenvalue weighted by Crippen LogP contribution is -1.91. The lowest BCUT2D eigenvalue weighted by molar-refractivity contribution is 0.411. The van der Waals surface area contributed by atoms with Gasteiger partial charge in [-0.2, -0.15) is 0 Å². The van der Waals surface area contributed by atoms with Gasteiger partial charge in [0.1, 0.15) is 5.75 Å². The van der Waals surface area contributed by atoms with Crippen LogP contribution in [0.3, 0.4) is 0 Å². The lowest BCUT2D eigenvalue weighted by atomic mass is 10.1. The van der Waals surface area contributed by atoms with Crippen LogP contribution in [0.4, 0.5) is 5.69 Å². The Kier molecular flexibility index (Phi) is 2.26. The first-order chi connectivity index (χ1) is 6.24. The van der Waals surface area contributed by atoms with E-state index in [2.05, 4.69) is 5.32 Å². The molecule has 0 fully saturated rings. The molecule has 0 aliphatic carbocycles. The molecule has 0 radical (unpaired) electrons. The van der Waals surface area contributed by atoms with Gasteiger partial charge in [0.15, 0.2) is 0 Å². The van der Waals surface area contributed by atoms with Gasteiger partial charge in [-0.25, -0.2) is 0 Å². The fraction of sp³-hybridized carbons (Fsp3) is 0.333. The lowest BCUT2D eigenvalue weighted by Gasteiger charge is -2.10. The highest BCUT2D eigenvalue weighted by Crippen LogP contribution is 2.41. The second-order valence-electron chi connectivity index (χ2n) is 2.90. The quantitative estimate of drug-likeness (QED) is 0.782. The standard InChI is InChI=1S/C9H9Cl2NO/c1-13-9-5-2-3-12-8(5)6(10)4-7(9)11/h4,12H,2-3H2,1H3. The van der Waals surface area contributed by atoms with Crippen LogP contribution in [0, 0.1) is 0 Å². The third-order valence-electron chi connectivity index (χ3n) is 2.17. The van der Waals surface area contributed by atoms with Crippen molar-refractivity contribution in [2.45, 2.75) is 6.42 Å². The average Bonchev–Trinajstić information content (AvgIpc) is 2.53. The van der Waals surface area contributed by atoms with Crippen LogP contribution in [0.1, 0.15) is 5.56 Å². The Hall–Kier alpha value is -0.600. The van der Waals surface area contributed by atoms with Crippen molar-refractivity contribution in [2.24, 2.45) is 0 Å². The minimum Gasteiger partial charge on any atom is -0.495 e. The molecule has 1 N–H and O–H groups in total. The van der Waals surface area contributed by atoms with Crippen molar-refractivity contribution in [2.75, 3.05) is 19.0 Å². The molecule has 0 amide bonds.